The fourth-order valence-corrected chi connectivity index (χ4v) is 4.69. The number of rotatable bonds is 7. The molecule has 0 saturated carbocycles. The predicted octanol–water partition coefficient (Wildman–Crippen LogP) is 4.08. The average molecular weight is 392 g/mol. The Morgan fingerprint density at radius 1 is 1.11 bits per heavy atom. The van der Waals surface area contributed by atoms with E-state index in [0.29, 0.717) is 0 Å². The molecule has 1 saturated heterocycles. The summed E-state index contributed by atoms with van der Waals surface area (Å²) in [5.74, 6) is 0.885. The van der Waals surface area contributed by atoms with Gasteiger partial charge in [-0.05, 0) is 42.5 Å². The number of carbonyl (C=O) groups excluding carboxylic acids is 1. The normalized spacial score (nSPS) is 19.0. The first-order chi connectivity index (χ1) is 13.8. The summed E-state index contributed by atoms with van der Waals surface area (Å²) in [6.07, 6.45) is 5.06. The summed E-state index contributed by atoms with van der Waals surface area (Å²) in [4.78, 5) is 17.0. The lowest BCUT2D eigenvalue weighted by Crippen LogP contribution is -2.42. The average Bonchev–Trinajstić information content (AvgIpc) is 3.24. The Morgan fingerprint density at radius 2 is 1.93 bits per heavy atom. The molecule has 4 nitrogen and oxygen atoms in total. The van der Waals surface area contributed by atoms with E-state index in [0.717, 1.165) is 48.0 Å². The van der Waals surface area contributed by atoms with Gasteiger partial charge in [0.2, 0.25) is 5.91 Å². The zero-order valence-corrected chi connectivity index (χ0v) is 16.6. The minimum Gasteiger partial charge on any atom is -0.355 e. The zero-order valence-electron chi connectivity index (χ0n) is 15.8. The molecule has 2 N–H and O–H groups in total. The Bertz CT molecular complexity index is 931. The Balaban J connectivity index is 1.22. The molecule has 0 bridgehead atoms. The maximum atomic E-state index is 12.5. The number of nitrogens with one attached hydrogen (secondary N) is 2. The third-order valence-corrected chi connectivity index (χ3v) is 6.31. The molecule has 2 heterocycles. The van der Waals surface area contributed by atoms with E-state index in [4.69, 9.17) is 0 Å². The first-order valence-corrected chi connectivity index (χ1v) is 10.9. The van der Waals surface area contributed by atoms with Crippen molar-refractivity contribution in [3.63, 3.8) is 0 Å². The van der Waals surface area contributed by atoms with Gasteiger partial charge in [-0.3, -0.25) is 15.1 Å². The molecule has 144 valence electrons. The molecule has 2 atom stereocenters. The van der Waals surface area contributed by atoms with Crippen LogP contribution in [0.4, 0.5) is 0 Å². The number of benzene rings is 2. The van der Waals surface area contributed by atoms with E-state index >= 15 is 0 Å². The molecule has 0 aliphatic carbocycles. The molecule has 1 aliphatic rings. The number of fused-ring (bicyclic) bond motifs is 1. The highest BCUT2D eigenvalue weighted by molar-refractivity contribution is 7.99. The van der Waals surface area contributed by atoms with Gasteiger partial charge >= 0.3 is 0 Å². The summed E-state index contributed by atoms with van der Waals surface area (Å²) in [6, 6.07) is 20.6. The van der Waals surface area contributed by atoms with Crippen LogP contribution in [-0.2, 0) is 11.2 Å². The Kier molecular flexibility index (Phi) is 6.24. The van der Waals surface area contributed by atoms with Gasteiger partial charge in [-0.15, -0.1) is 11.8 Å². The van der Waals surface area contributed by atoms with Crippen LogP contribution in [0.1, 0.15) is 29.3 Å². The van der Waals surface area contributed by atoms with E-state index in [1.54, 1.807) is 11.8 Å². The van der Waals surface area contributed by atoms with Crippen molar-refractivity contribution in [2.24, 2.45) is 0 Å². The highest BCUT2D eigenvalue weighted by atomic mass is 32.2. The van der Waals surface area contributed by atoms with Crippen LogP contribution in [0.25, 0.3) is 10.9 Å². The second-order valence-corrected chi connectivity index (χ2v) is 8.27. The molecule has 5 heteroatoms. The molecule has 2 aromatic carbocycles. The van der Waals surface area contributed by atoms with Gasteiger partial charge < -0.3 is 5.32 Å². The molecule has 4 rings (SSSR count). The van der Waals surface area contributed by atoms with Crippen molar-refractivity contribution in [3.05, 3.63) is 78.0 Å². The number of carbonyl (C=O) groups is 1. The molecule has 2 unspecified atom stereocenters. The summed E-state index contributed by atoms with van der Waals surface area (Å²) in [5, 5.41) is 7.78. The highest BCUT2D eigenvalue weighted by Gasteiger charge is 2.30. The molecular formula is C23H25N3OS. The molecule has 28 heavy (non-hydrogen) atoms. The summed E-state index contributed by atoms with van der Waals surface area (Å²) in [5.41, 5.74) is 3.48. The van der Waals surface area contributed by atoms with Crippen LogP contribution in [0, 0.1) is 0 Å². The van der Waals surface area contributed by atoms with E-state index in [1.807, 2.05) is 30.5 Å². The number of hydrogen-bond acceptors (Lipinski definition) is 4. The van der Waals surface area contributed by atoms with Crippen LogP contribution < -0.4 is 10.6 Å². The molecule has 1 fully saturated rings. The van der Waals surface area contributed by atoms with Gasteiger partial charge in [-0.1, -0.05) is 48.5 Å². The van der Waals surface area contributed by atoms with Crippen LogP contribution in [0.2, 0.25) is 0 Å². The van der Waals surface area contributed by atoms with Crippen LogP contribution in [0.5, 0.6) is 0 Å². The lowest BCUT2D eigenvalue weighted by molar-refractivity contribution is -0.122. The van der Waals surface area contributed by atoms with Gasteiger partial charge in [-0.25, -0.2) is 0 Å². The number of aromatic nitrogens is 1. The molecule has 1 aromatic heterocycles. The third-order valence-electron chi connectivity index (χ3n) is 5.05. The third kappa shape index (κ3) is 4.72. The smallest absolute Gasteiger partial charge is 0.238 e. The van der Waals surface area contributed by atoms with E-state index in [1.165, 1.54) is 5.56 Å². The Labute approximate surface area is 170 Å². The van der Waals surface area contributed by atoms with Crippen molar-refractivity contribution in [2.45, 2.75) is 30.7 Å². The second-order valence-electron chi connectivity index (χ2n) is 7.13. The maximum Gasteiger partial charge on any atom is 0.238 e. The van der Waals surface area contributed by atoms with Crippen LogP contribution in [0.3, 0.4) is 0 Å². The Morgan fingerprint density at radius 3 is 2.82 bits per heavy atom. The Hall–Kier alpha value is -2.37. The fourth-order valence-electron chi connectivity index (χ4n) is 3.48. The number of para-hydroxylation sites is 1. The minimum atomic E-state index is -0.143. The van der Waals surface area contributed by atoms with Gasteiger partial charge in [-0.2, -0.15) is 0 Å². The van der Waals surface area contributed by atoms with Crippen molar-refractivity contribution in [3.8, 4) is 0 Å². The number of amides is 1. The van der Waals surface area contributed by atoms with Gasteiger partial charge in [0.25, 0.3) is 0 Å². The molecule has 3 aromatic rings. The van der Waals surface area contributed by atoms with Gasteiger partial charge in [0.1, 0.15) is 0 Å². The highest BCUT2D eigenvalue weighted by Crippen LogP contribution is 2.33. The maximum absolute atomic E-state index is 12.5. The van der Waals surface area contributed by atoms with Crippen molar-refractivity contribution in [1.29, 1.82) is 0 Å². The number of pyridine rings is 1. The largest absolute Gasteiger partial charge is 0.355 e. The van der Waals surface area contributed by atoms with Crippen LogP contribution >= 0.6 is 11.8 Å². The fraction of sp³-hybridized carbons (Fsp3) is 0.304. The molecule has 1 aliphatic heterocycles. The van der Waals surface area contributed by atoms with E-state index in [9.17, 15) is 4.79 Å². The summed E-state index contributed by atoms with van der Waals surface area (Å²) >= 11 is 1.77. The predicted molar refractivity (Wildman–Crippen MR) is 116 cm³/mol. The van der Waals surface area contributed by atoms with E-state index < -0.39 is 0 Å². The molecular weight excluding hydrogens is 366 g/mol. The number of hydrogen-bond donors (Lipinski definition) is 2. The van der Waals surface area contributed by atoms with Gasteiger partial charge in [0, 0.05) is 23.9 Å². The quantitative estimate of drug-likeness (QED) is 0.596. The topological polar surface area (TPSA) is 54.0 Å². The standard InChI is InChI=1S/C23H25N3OS/c27-22(24-13-7-6-10-17-8-2-1-3-9-17)21-16-28-23(26-21)19-14-18-11-4-5-12-20(18)25-15-19/h1-5,8-9,11-12,14-15,21,23,26H,6-7,10,13,16H2,(H,24,27). The van der Waals surface area contributed by atoms with Crippen molar-refractivity contribution in [2.75, 3.05) is 12.3 Å². The molecule has 0 radical (unpaired) electrons. The lowest BCUT2D eigenvalue weighted by atomic mass is 10.1. The van der Waals surface area contributed by atoms with Crippen molar-refractivity contribution in [1.82, 2.24) is 15.6 Å². The first-order valence-electron chi connectivity index (χ1n) is 9.83. The lowest BCUT2D eigenvalue weighted by Gasteiger charge is -2.14. The molecule has 0 spiro atoms. The van der Waals surface area contributed by atoms with E-state index in [2.05, 4.69) is 52.0 Å². The first kappa shape index (κ1) is 19.0. The zero-order chi connectivity index (χ0) is 19.2. The number of unbranched alkanes of at least 4 members (excludes halogenated alkanes) is 1. The molecule has 1 amide bonds. The van der Waals surface area contributed by atoms with Crippen LogP contribution in [0.15, 0.2) is 66.9 Å². The van der Waals surface area contributed by atoms with Crippen molar-refractivity contribution < 1.29 is 4.79 Å². The second kappa shape index (κ2) is 9.22. The summed E-state index contributed by atoms with van der Waals surface area (Å²) in [6.45, 7) is 0.733. The van der Waals surface area contributed by atoms with Gasteiger partial charge in [0.15, 0.2) is 0 Å². The number of aryl methyl sites for hydroxylation is 1. The summed E-state index contributed by atoms with van der Waals surface area (Å²) in [7, 11) is 0. The summed E-state index contributed by atoms with van der Waals surface area (Å²) < 4.78 is 0. The minimum absolute atomic E-state index is 0.100. The SMILES string of the molecule is O=C(NCCCCc1ccccc1)C1CSC(c2cnc3ccccc3c2)N1. The van der Waals surface area contributed by atoms with Crippen LogP contribution in [-0.4, -0.2) is 29.2 Å². The van der Waals surface area contributed by atoms with Crippen molar-refractivity contribution >= 4 is 28.6 Å². The monoisotopic (exact) mass is 391 g/mol. The van der Waals surface area contributed by atoms with E-state index in [-0.39, 0.29) is 17.3 Å². The number of nitrogens with zero attached hydrogens (tertiary/aromatic N) is 1. The van der Waals surface area contributed by atoms with Gasteiger partial charge in [0.05, 0.1) is 16.9 Å². The number of thioether (sulfide) groups is 1.